The molecule has 1 aromatic heterocycles. The molecule has 37 heavy (non-hydrogen) atoms. The number of anilines is 3. The number of carbonyl (C=O) groups is 2. The van der Waals surface area contributed by atoms with Gasteiger partial charge >= 0.3 is 0 Å². The number of amides is 2. The minimum Gasteiger partial charge on any atom is -0.366 e. The van der Waals surface area contributed by atoms with E-state index >= 15 is 0 Å². The minimum atomic E-state index is -0.454. The third-order valence-electron chi connectivity index (χ3n) is 7.23. The van der Waals surface area contributed by atoms with Crippen LogP contribution in [0, 0.1) is 0 Å². The van der Waals surface area contributed by atoms with Gasteiger partial charge in [0.1, 0.15) is 0 Å². The van der Waals surface area contributed by atoms with Crippen molar-refractivity contribution in [2.45, 2.75) is 71.4 Å². The van der Waals surface area contributed by atoms with Crippen LogP contribution in [0.4, 0.5) is 16.5 Å². The smallest absolute Gasteiger partial charge is 0.248 e. The van der Waals surface area contributed by atoms with Crippen LogP contribution in [0.5, 0.6) is 0 Å². The van der Waals surface area contributed by atoms with Crippen LogP contribution >= 0.6 is 11.3 Å². The van der Waals surface area contributed by atoms with Gasteiger partial charge in [0.2, 0.25) is 11.8 Å². The van der Waals surface area contributed by atoms with Crippen molar-refractivity contribution in [1.29, 1.82) is 0 Å². The number of primary amides is 2. The van der Waals surface area contributed by atoms with E-state index in [-0.39, 0.29) is 23.9 Å². The van der Waals surface area contributed by atoms with Gasteiger partial charge in [-0.2, -0.15) is 0 Å². The predicted molar refractivity (Wildman–Crippen MR) is 152 cm³/mol. The van der Waals surface area contributed by atoms with Crippen molar-refractivity contribution in [2.75, 3.05) is 16.3 Å². The Kier molecular flexibility index (Phi) is 7.87. The van der Waals surface area contributed by atoms with Gasteiger partial charge in [0, 0.05) is 52.7 Å². The first-order chi connectivity index (χ1) is 17.6. The number of hydrogen-bond acceptors (Lipinski definition) is 6. The Morgan fingerprint density at radius 1 is 1.05 bits per heavy atom. The zero-order chi connectivity index (χ0) is 26.9. The molecule has 1 aliphatic heterocycles. The average Bonchev–Trinajstić information content (AvgIpc) is 3.38. The van der Waals surface area contributed by atoms with Crippen LogP contribution in [0.2, 0.25) is 0 Å². The van der Waals surface area contributed by atoms with Crippen LogP contribution in [-0.4, -0.2) is 35.4 Å². The second-order valence-corrected chi connectivity index (χ2v) is 11.3. The quantitative estimate of drug-likeness (QED) is 0.392. The van der Waals surface area contributed by atoms with Crippen LogP contribution in [0.1, 0.15) is 91.1 Å². The Morgan fingerprint density at radius 3 is 2.35 bits per heavy atom. The van der Waals surface area contributed by atoms with E-state index in [9.17, 15) is 9.59 Å². The third-order valence-corrected chi connectivity index (χ3v) is 8.04. The molecule has 2 atom stereocenters. The Bertz CT molecular complexity index is 1270. The van der Waals surface area contributed by atoms with Gasteiger partial charge in [-0.05, 0) is 73.1 Å². The number of benzene rings is 2. The second-order valence-electron chi connectivity index (χ2n) is 10.5. The van der Waals surface area contributed by atoms with Gasteiger partial charge in [-0.3, -0.25) is 9.59 Å². The normalized spacial score (nSPS) is 17.9. The molecule has 1 aliphatic rings. The summed E-state index contributed by atoms with van der Waals surface area (Å²) in [7, 11) is 0. The molecule has 2 aromatic carbocycles. The summed E-state index contributed by atoms with van der Waals surface area (Å²) in [5.74, 6) is -0.597. The highest BCUT2D eigenvalue weighted by Gasteiger charge is 2.34. The monoisotopic (exact) mass is 519 g/mol. The van der Waals surface area contributed by atoms with E-state index in [0.717, 1.165) is 47.0 Å². The van der Waals surface area contributed by atoms with Gasteiger partial charge in [-0.25, -0.2) is 4.98 Å². The summed E-state index contributed by atoms with van der Waals surface area (Å²) in [4.78, 5) is 33.8. The molecule has 4 N–H and O–H groups in total. The van der Waals surface area contributed by atoms with Crippen LogP contribution < -0.4 is 21.3 Å². The summed E-state index contributed by atoms with van der Waals surface area (Å²) in [6, 6.07) is 11.9. The molecule has 0 radical (unpaired) electrons. The number of piperidine rings is 1. The van der Waals surface area contributed by atoms with Gasteiger partial charge < -0.3 is 21.3 Å². The van der Waals surface area contributed by atoms with E-state index in [1.807, 2.05) is 41.9 Å². The summed E-state index contributed by atoms with van der Waals surface area (Å²) >= 11 is 1.66. The van der Waals surface area contributed by atoms with Gasteiger partial charge in [0.25, 0.3) is 0 Å². The molecule has 3 aromatic rings. The highest BCUT2D eigenvalue weighted by atomic mass is 32.1. The number of nitrogens with zero attached hydrogens (tertiary/aromatic N) is 3. The minimum absolute atomic E-state index is 0.115. The van der Waals surface area contributed by atoms with Crippen LogP contribution in [0.3, 0.4) is 0 Å². The molecular weight excluding hydrogens is 482 g/mol. The first-order valence-corrected chi connectivity index (χ1v) is 13.8. The molecule has 8 heteroatoms. The molecule has 0 aliphatic carbocycles. The van der Waals surface area contributed by atoms with Crippen LogP contribution in [0.25, 0.3) is 0 Å². The van der Waals surface area contributed by atoms with Gasteiger partial charge in [0.05, 0.1) is 0 Å². The van der Waals surface area contributed by atoms with Crippen LogP contribution in [-0.2, 0) is 0 Å². The Morgan fingerprint density at radius 2 is 1.78 bits per heavy atom. The van der Waals surface area contributed by atoms with Crippen molar-refractivity contribution in [2.24, 2.45) is 11.5 Å². The maximum absolute atomic E-state index is 12.4. The maximum atomic E-state index is 12.4. The molecule has 2 amide bonds. The summed E-state index contributed by atoms with van der Waals surface area (Å²) < 4.78 is 0. The standard InChI is InChI=1S/C29H37N5O2S/c1-17(2)25-23(28(31)36)9-10-24(26(25)18(3)4)34(21-8-6-7-20(16-21)27(30)35)22-11-13-33(19(5)15-22)29-32-12-14-37-29/h6-10,12,14,16-19,22H,11,13,15H2,1-5H3,(H2,30,35)(H2,31,36). The second kappa shape index (κ2) is 10.9. The number of rotatable bonds is 8. The first-order valence-electron chi connectivity index (χ1n) is 12.9. The van der Waals surface area contributed by atoms with Crippen molar-refractivity contribution in [3.05, 3.63) is 70.2 Å². The zero-order valence-corrected chi connectivity index (χ0v) is 23.1. The molecule has 2 heterocycles. The van der Waals surface area contributed by atoms with Gasteiger partial charge in [-0.15, -0.1) is 11.3 Å². The lowest BCUT2D eigenvalue weighted by Gasteiger charge is -2.44. The molecule has 1 fully saturated rings. The lowest BCUT2D eigenvalue weighted by atomic mass is 9.84. The molecule has 2 unspecified atom stereocenters. The van der Waals surface area contributed by atoms with Crippen molar-refractivity contribution < 1.29 is 9.59 Å². The molecule has 7 nitrogen and oxygen atoms in total. The van der Waals surface area contributed by atoms with E-state index in [0.29, 0.717) is 11.1 Å². The van der Waals surface area contributed by atoms with Crippen molar-refractivity contribution in [3.63, 3.8) is 0 Å². The fraction of sp³-hybridized carbons (Fsp3) is 0.414. The fourth-order valence-electron chi connectivity index (χ4n) is 5.66. The van der Waals surface area contributed by atoms with E-state index in [1.165, 1.54) is 0 Å². The van der Waals surface area contributed by atoms with Crippen molar-refractivity contribution in [3.8, 4) is 0 Å². The van der Waals surface area contributed by atoms with Gasteiger partial charge in [-0.1, -0.05) is 33.8 Å². The summed E-state index contributed by atoms with van der Waals surface area (Å²) in [6.07, 6.45) is 3.67. The predicted octanol–water partition coefficient (Wildman–Crippen LogP) is 5.78. The molecule has 4 rings (SSSR count). The third kappa shape index (κ3) is 5.34. The van der Waals surface area contributed by atoms with Gasteiger partial charge in [0.15, 0.2) is 5.13 Å². The highest BCUT2D eigenvalue weighted by molar-refractivity contribution is 7.13. The first kappa shape index (κ1) is 26.7. The van der Waals surface area contributed by atoms with Crippen molar-refractivity contribution >= 4 is 39.7 Å². The topological polar surface area (TPSA) is 106 Å². The number of thiazole rings is 1. The summed E-state index contributed by atoms with van der Waals surface area (Å²) in [5, 5.41) is 3.06. The van der Waals surface area contributed by atoms with E-state index < -0.39 is 11.8 Å². The largest absolute Gasteiger partial charge is 0.366 e. The molecule has 196 valence electrons. The van der Waals surface area contributed by atoms with E-state index in [4.69, 9.17) is 11.5 Å². The Balaban J connectivity index is 1.88. The SMILES string of the molecule is CC(C)c1c(C(N)=O)ccc(N(c2cccc(C(N)=O)c2)C2CCN(c3nccs3)C(C)C2)c1C(C)C. The zero-order valence-electron chi connectivity index (χ0n) is 22.3. The number of hydrogen-bond donors (Lipinski definition) is 2. The summed E-state index contributed by atoms with van der Waals surface area (Å²) in [6.45, 7) is 11.6. The molecule has 1 saturated heterocycles. The molecule has 0 spiro atoms. The van der Waals surface area contributed by atoms with E-state index in [1.54, 1.807) is 17.4 Å². The lowest BCUT2D eigenvalue weighted by Crippen LogP contribution is -2.48. The number of carbonyl (C=O) groups excluding carboxylic acids is 2. The number of nitrogens with two attached hydrogens (primary N) is 2. The molecule has 0 saturated carbocycles. The highest BCUT2D eigenvalue weighted by Crippen LogP contribution is 2.43. The molecule has 0 bridgehead atoms. The van der Waals surface area contributed by atoms with Crippen molar-refractivity contribution in [1.82, 2.24) is 4.98 Å². The Hall–Kier alpha value is -3.39. The lowest BCUT2D eigenvalue weighted by molar-refractivity contribution is 0.0991. The number of aromatic nitrogens is 1. The van der Waals surface area contributed by atoms with Crippen LogP contribution in [0.15, 0.2) is 48.0 Å². The summed E-state index contributed by atoms with van der Waals surface area (Å²) in [5.41, 5.74) is 16.6. The molecular formula is C29H37N5O2S. The van der Waals surface area contributed by atoms with E-state index in [2.05, 4.69) is 49.4 Å². The fourth-order valence-corrected chi connectivity index (χ4v) is 6.43. The Labute approximate surface area is 223 Å². The average molecular weight is 520 g/mol. The maximum Gasteiger partial charge on any atom is 0.248 e.